The summed E-state index contributed by atoms with van der Waals surface area (Å²) in [6.07, 6.45) is 13.1. The van der Waals surface area contributed by atoms with E-state index in [4.69, 9.17) is 16.6 Å². The van der Waals surface area contributed by atoms with E-state index in [1.54, 1.807) is 0 Å². The number of benzene rings is 1. The summed E-state index contributed by atoms with van der Waals surface area (Å²) in [5, 5.41) is 4.34. The highest BCUT2D eigenvalue weighted by Gasteiger charge is 2.44. The minimum absolute atomic E-state index is 0.0286. The van der Waals surface area contributed by atoms with Gasteiger partial charge in [-0.1, -0.05) is 51.1 Å². The second kappa shape index (κ2) is 12.7. The molecule has 5 rings (SSSR count). The predicted molar refractivity (Wildman–Crippen MR) is 165 cm³/mol. The van der Waals surface area contributed by atoms with Gasteiger partial charge in [-0.15, -0.1) is 6.58 Å². The van der Waals surface area contributed by atoms with Crippen LogP contribution in [-0.2, 0) is 18.3 Å². The minimum Gasteiger partial charge on any atom is -0.358 e. The molecule has 0 amide bonds. The van der Waals surface area contributed by atoms with E-state index in [-0.39, 0.29) is 5.41 Å². The first-order valence-electron chi connectivity index (χ1n) is 14.7. The topological polar surface area (TPSA) is 31.4 Å². The normalized spacial score (nSPS) is 21.7. The summed E-state index contributed by atoms with van der Waals surface area (Å²) >= 11 is 6.35. The van der Waals surface area contributed by atoms with Crippen molar-refractivity contribution in [3.8, 4) is 0 Å². The number of aromatic nitrogens is 1. The zero-order valence-electron chi connectivity index (χ0n) is 24.0. The van der Waals surface area contributed by atoms with E-state index in [1.165, 1.54) is 41.0 Å². The monoisotopic (exact) mass is 534 g/mol. The van der Waals surface area contributed by atoms with Crippen LogP contribution in [0.1, 0.15) is 76.0 Å². The van der Waals surface area contributed by atoms with Crippen LogP contribution >= 0.6 is 11.6 Å². The number of nitrogens with zero attached hydrogens (tertiary/aromatic N) is 3. The molecule has 3 aliphatic rings. The van der Waals surface area contributed by atoms with Crippen LogP contribution in [0, 0.1) is 5.92 Å². The van der Waals surface area contributed by atoms with Gasteiger partial charge in [0.05, 0.1) is 0 Å². The van der Waals surface area contributed by atoms with Crippen LogP contribution in [0.15, 0.2) is 55.4 Å². The van der Waals surface area contributed by atoms with E-state index in [9.17, 15) is 0 Å². The molecule has 1 aromatic heterocycles. The maximum absolute atomic E-state index is 6.35. The van der Waals surface area contributed by atoms with Crippen LogP contribution in [0.2, 0.25) is 5.02 Å². The molecule has 38 heavy (non-hydrogen) atoms. The zero-order chi connectivity index (χ0) is 27.3. The third-order valence-corrected chi connectivity index (χ3v) is 9.09. The number of nitrogens with one attached hydrogen (secondary N) is 1. The molecule has 1 aromatic carbocycles. The van der Waals surface area contributed by atoms with Gasteiger partial charge in [0, 0.05) is 41.1 Å². The van der Waals surface area contributed by atoms with E-state index < -0.39 is 0 Å². The summed E-state index contributed by atoms with van der Waals surface area (Å²) in [5.41, 5.74) is 6.41. The Hall–Kier alpha value is -2.30. The van der Waals surface area contributed by atoms with Crippen LogP contribution in [0.3, 0.4) is 0 Å². The maximum Gasteiger partial charge on any atom is 0.131 e. The second-order valence-corrected chi connectivity index (χ2v) is 11.8. The highest BCUT2D eigenvalue weighted by atomic mass is 35.5. The van der Waals surface area contributed by atoms with E-state index in [0.717, 1.165) is 74.8 Å². The Balaban J connectivity index is 0.00000164. The Morgan fingerprint density at radius 2 is 1.92 bits per heavy atom. The standard InChI is InChI=1S/C31H41ClN4.C2H6/c1-5-6-9-25-19-24(21-33-30(25)35(4)27-17-22(2)18-27)8-7-14-36-15-12-31(13-16-36)23(3)34-29-11-10-26(32)20-28(29)31;1-2/h5,10-11,19-22,27,34H,1,3,6-9,12-18H2,2,4H3;1-2H3. The van der Waals surface area contributed by atoms with Gasteiger partial charge in [-0.25, -0.2) is 4.98 Å². The smallest absolute Gasteiger partial charge is 0.131 e. The van der Waals surface area contributed by atoms with Crippen molar-refractivity contribution in [3.05, 3.63) is 77.1 Å². The molecule has 3 heterocycles. The van der Waals surface area contributed by atoms with E-state index in [1.807, 2.05) is 26.0 Å². The molecule has 0 radical (unpaired) electrons. The summed E-state index contributed by atoms with van der Waals surface area (Å²) in [4.78, 5) is 10.00. The van der Waals surface area contributed by atoms with Crippen molar-refractivity contribution in [2.75, 3.05) is 36.9 Å². The Morgan fingerprint density at radius 3 is 2.61 bits per heavy atom. The minimum atomic E-state index is 0.0286. The molecule has 1 N–H and O–H groups in total. The Labute approximate surface area is 236 Å². The molecule has 2 fully saturated rings. The summed E-state index contributed by atoms with van der Waals surface area (Å²) < 4.78 is 0. The number of piperidine rings is 1. The third-order valence-electron chi connectivity index (χ3n) is 8.86. The molecule has 2 aromatic rings. The van der Waals surface area contributed by atoms with Gasteiger partial charge in [-0.3, -0.25) is 0 Å². The summed E-state index contributed by atoms with van der Waals surface area (Å²) in [6, 6.07) is 9.24. The van der Waals surface area contributed by atoms with Crippen LogP contribution in [0.4, 0.5) is 11.5 Å². The SMILES string of the molecule is C=CCCc1cc(CCCN2CCC3(CC2)C(=C)Nc2ccc(Cl)cc23)cnc1N(C)C1CC(C)C1.CC. The lowest BCUT2D eigenvalue weighted by Crippen LogP contribution is -2.43. The quantitative estimate of drug-likeness (QED) is 0.330. The highest BCUT2D eigenvalue weighted by Crippen LogP contribution is 2.50. The zero-order valence-corrected chi connectivity index (χ0v) is 24.8. The molecule has 4 nitrogen and oxygen atoms in total. The van der Waals surface area contributed by atoms with Crippen LogP contribution in [0.5, 0.6) is 0 Å². The molecular formula is C33H47ClN4. The van der Waals surface area contributed by atoms with Crippen molar-refractivity contribution in [1.82, 2.24) is 9.88 Å². The number of hydrogen-bond donors (Lipinski definition) is 1. The molecular weight excluding hydrogens is 488 g/mol. The number of anilines is 2. The number of likely N-dealkylation sites (tertiary alicyclic amines) is 1. The number of hydrogen-bond acceptors (Lipinski definition) is 4. The molecule has 0 bridgehead atoms. The van der Waals surface area contributed by atoms with Crippen molar-refractivity contribution in [1.29, 1.82) is 0 Å². The van der Waals surface area contributed by atoms with Crippen molar-refractivity contribution in [2.24, 2.45) is 5.92 Å². The van der Waals surface area contributed by atoms with E-state index in [0.29, 0.717) is 6.04 Å². The average molecular weight is 535 g/mol. The van der Waals surface area contributed by atoms with Gasteiger partial charge >= 0.3 is 0 Å². The number of fused-ring (bicyclic) bond motifs is 2. The molecule has 0 unspecified atom stereocenters. The first-order chi connectivity index (χ1) is 18.4. The van der Waals surface area contributed by atoms with Gasteiger partial charge in [0.25, 0.3) is 0 Å². The lowest BCUT2D eigenvalue weighted by Gasteiger charge is -2.41. The van der Waals surface area contributed by atoms with Crippen LogP contribution in [0.25, 0.3) is 0 Å². The summed E-state index contributed by atoms with van der Waals surface area (Å²) in [7, 11) is 2.22. The van der Waals surface area contributed by atoms with Gasteiger partial charge in [0.15, 0.2) is 0 Å². The maximum atomic E-state index is 6.35. The molecule has 0 atom stereocenters. The van der Waals surface area contributed by atoms with E-state index >= 15 is 0 Å². The fourth-order valence-corrected chi connectivity index (χ4v) is 6.67. The summed E-state index contributed by atoms with van der Waals surface area (Å²) in [5.74, 6) is 2.01. The fourth-order valence-electron chi connectivity index (χ4n) is 6.50. The third kappa shape index (κ3) is 5.97. The lowest BCUT2D eigenvalue weighted by molar-refractivity contribution is 0.179. The molecule has 1 saturated heterocycles. The first kappa shape index (κ1) is 28.7. The van der Waals surface area contributed by atoms with Crippen molar-refractivity contribution >= 4 is 23.1 Å². The number of pyridine rings is 1. The van der Waals surface area contributed by atoms with Crippen molar-refractivity contribution in [3.63, 3.8) is 0 Å². The molecule has 1 spiro atoms. The van der Waals surface area contributed by atoms with Gasteiger partial charge in [0.2, 0.25) is 0 Å². The largest absolute Gasteiger partial charge is 0.358 e. The van der Waals surface area contributed by atoms with Gasteiger partial charge in [-0.2, -0.15) is 0 Å². The van der Waals surface area contributed by atoms with Crippen molar-refractivity contribution in [2.45, 2.75) is 83.6 Å². The number of rotatable bonds is 9. The molecule has 2 aliphatic heterocycles. The van der Waals surface area contributed by atoms with Crippen LogP contribution in [-0.4, -0.2) is 42.6 Å². The molecule has 1 aliphatic carbocycles. The molecule has 5 heteroatoms. The summed E-state index contributed by atoms with van der Waals surface area (Å²) in [6.45, 7) is 18.0. The van der Waals surface area contributed by atoms with Gasteiger partial charge in [0.1, 0.15) is 5.82 Å². The van der Waals surface area contributed by atoms with Crippen LogP contribution < -0.4 is 10.2 Å². The Kier molecular flexibility index (Phi) is 9.59. The number of halogens is 1. The number of aryl methyl sites for hydroxylation is 2. The fraction of sp³-hybridized carbons (Fsp3) is 0.545. The molecule has 1 saturated carbocycles. The second-order valence-electron chi connectivity index (χ2n) is 11.3. The van der Waals surface area contributed by atoms with Gasteiger partial charge < -0.3 is 15.1 Å². The molecule has 206 valence electrons. The van der Waals surface area contributed by atoms with E-state index in [2.05, 4.69) is 66.6 Å². The van der Waals surface area contributed by atoms with Gasteiger partial charge in [-0.05, 0) is 112 Å². The average Bonchev–Trinajstić information content (AvgIpc) is 3.17. The Bertz CT molecular complexity index is 1110. The number of allylic oxidation sites excluding steroid dienone is 2. The highest BCUT2D eigenvalue weighted by molar-refractivity contribution is 6.30. The lowest BCUT2D eigenvalue weighted by atomic mass is 9.72. The first-order valence-corrected chi connectivity index (χ1v) is 15.1. The Morgan fingerprint density at radius 1 is 1.18 bits per heavy atom. The van der Waals surface area contributed by atoms with Crippen molar-refractivity contribution < 1.29 is 0 Å². The predicted octanol–water partition coefficient (Wildman–Crippen LogP) is 8.02.